The van der Waals surface area contributed by atoms with Crippen molar-refractivity contribution in [2.45, 2.75) is 51.0 Å². The molecular weight excluding hydrogens is 204 g/mol. The quantitative estimate of drug-likeness (QED) is 0.730. The molecule has 2 aliphatic rings. The van der Waals surface area contributed by atoms with Gasteiger partial charge in [0.2, 0.25) is 0 Å². The molecule has 2 saturated carbocycles. The van der Waals surface area contributed by atoms with Crippen LogP contribution >= 0.6 is 12.2 Å². The number of hydrogen-bond acceptors (Lipinski definition) is 2. The molecule has 0 heterocycles. The Morgan fingerprint density at radius 1 is 1.40 bits per heavy atom. The topological polar surface area (TPSA) is 29.3 Å². The average molecular weight is 226 g/mol. The Balaban J connectivity index is 1.82. The van der Waals surface area contributed by atoms with Gasteiger partial charge in [0.1, 0.15) is 0 Å². The zero-order chi connectivity index (χ0) is 10.9. The first-order valence-electron chi connectivity index (χ1n) is 6.10. The molecule has 0 bridgehead atoms. The summed E-state index contributed by atoms with van der Waals surface area (Å²) in [5, 5.41) is 0. The predicted molar refractivity (Wildman–Crippen MR) is 68.0 cm³/mol. The Morgan fingerprint density at radius 2 is 2.00 bits per heavy atom. The molecule has 0 aliphatic heterocycles. The predicted octanol–water partition coefficient (Wildman–Crippen LogP) is 2.32. The van der Waals surface area contributed by atoms with Crippen molar-refractivity contribution in [3.8, 4) is 0 Å². The highest BCUT2D eigenvalue weighted by atomic mass is 32.1. The van der Waals surface area contributed by atoms with Crippen LogP contribution in [0.5, 0.6) is 0 Å². The van der Waals surface area contributed by atoms with Crippen LogP contribution in [0.3, 0.4) is 0 Å². The van der Waals surface area contributed by atoms with Gasteiger partial charge >= 0.3 is 0 Å². The molecule has 0 radical (unpaired) electrons. The number of nitrogens with two attached hydrogens (primary N) is 1. The molecule has 0 saturated heterocycles. The first kappa shape index (κ1) is 11.3. The monoisotopic (exact) mass is 226 g/mol. The maximum Gasteiger partial charge on any atom is 0.0733 e. The number of rotatable bonds is 5. The van der Waals surface area contributed by atoms with Crippen LogP contribution in [0.25, 0.3) is 0 Å². The smallest absolute Gasteiger partial charge is 0.0733 e. The van der Waals surface area contributed by atoms with Gasteiger partial charge in [-0.15, -0.1) is 0 Å². The summed E-state index contributed by atoms with van der Waals surface area (Å²) in [5.41, 5.74) is 6.12. The van der Waals surface area contributed by atoms with E-state index in [2.05, 4.69) is 11.9 Å². The molecule has 0 aromatic heterocycles. The first-order chi connectivity index (χ1) is 7.11. The average Bonchev–Trinajstić information content (AvgIpc) is 2.68. The van der Waals surface area contributed by atoms with E-state index in [1.165, 1.54) is 45.1 Å². The number of thiocarbonyl (C=S) groups is 1. The summed E-state index contributed by atoms with van der Waals surface area (Å²) < 4.78 is 0. The molecule has 0 aromatic carbocycles. The molecule has 0 amide bonds. The second kappa shape index (κ2) is 4.38. The van der Waals surface area contributed by atoms with Crippen LogP contribution in [-0.4, -0.2) is 29.5 Å². The molecule has 0 aromatic rings. The minimum absolute atomic E-state index is 0.461. The Hall–Kier alpha value is -0.150. The standard InChI is InChI=1S/C12H22N2S/c1-14(10-4-2-3-5-10)9-12(6-7-12)8-11(13)15/h10H,2-9H2,1H3,(H2,13,15). The molecule has 2 aliphatic carbocycles. The summed E-state index contributed by atoms with van der Waals surface area (Å²) in [5.74, 6) is 0. The second-order valence-electron chi connectivity index (χ2n) is 5.50. The van der Waals surface area contributed by atoms with E-state index in [1.54, 1.807) is 0 Å². The van der Waals surface area contributed by atoms with E-state index < -0.39 is 0 Å². The van der Waals surface area contributed by atoms with Gasteiger partial charge < -0.3 is 10.6 Å². The summed E-state index contributed by atoms with van der Waals surface area (Å²) in [6.45, 7) is 1.20. The molecule has 86 valence electrons. The van der Waals surface area contributed by atoms with Gasteiger partial charge in [-0.25, -0.2) is 0 Å². The maximum absolute atomic E-state index is 5.66. The van der Waals surface area contributed by atoms with Crippen molar-refractivity contribution in [1.29, 1.82) is 0 Å². The third-order valence-electron chi connectivity index (χ3n) is 4.04. The molecule has 2 fully saturated rings. The fraction of sp³-hybridized carbons (Fsp3) is 0.917. The van der Waals surface area contributed by atoms with Gasteiger partial charge in [-0.05, 0) is 38.1 Å². The van der Waals surface area contributed by atoms with Crippen LogP contribution in [0.15, 0.2) is 0 Å². The fourth-order valence-corrected chi connectivity index (χ4v) is 3.25. The molecule has 15 heavy (non-hydrogen) atoms. The highest BCUT2D eigenvalue weighted by molar-refractivity contribution is 7.80. The van der Waals surface area contributed by atoms with E-state index in [0.717, 1.165) is 12.5 Å². The van der Waals surface area contributed by atoms with Gasteiger partial charge in [-0.3, -0.25) is 0 Å². The summed E-state index contributed by atoms with van der Waals surface area (Å²) in [4.78, 5) is 3.26. The van der Waals surface area contributed by atoms with Crippen LogP contribution in [0, 0.1) is 5.41 Å². The van der Waals surface area contributed by atoms with Crippen molar-refractivity contribution < 1.29 is 0 Å². The maximum atomic E-state index is 5.66. The molecule has 2 N–H and O–H groups in total. The van der Waals surface area contributed by atoms with Crippen LogP contribution in [0.2, 0.25) is 0 Å². The summed E-state index contributed by atoms with van der Waals surface area (Å²) in [6.07, 6.45) is 9.20. The largest absolute Gasteiger partial charge is 0.393 e. The summed E-state index contributed by atoms with van der Waals surface area (Å²) in [6, 6.07) is 0.828. The van der Waals surface area contributed by atoms with Crippen LogP contribution < -0.4 is 5.73 Å². The minimum atomic E-state index is 0.461. The van der Waals surface area contributed by atoms with Crippen molar-refractivity contribution in [2.24, 2.45) is 11.1 Å². The minimum Gasteiger partial charge on any atom is -0.393 e. The Kier molecular flexibility index (Phi) is 3.31. The Labute approximate surface area is 98.2 Å². The van der Waals surface area contributed by atoms with E-state index in [1.807, 2.05) is 0 Å². The molecular formula is C12H22N2S. The zero-order valence-corrected chi connectivity index (χ0v) is 10.5. The molecule has 0 atom stereocenters. The lowest BCUT2D eigenvalue weighted by molar-refractivity contribution is 0.201. The van der Waals surface area contributed by atoms with E-state index in [0.29, 0.717) is 10.4 Å². The van der Waals surface area contributed by atoms with Crippen LogP contribution in [0.4, 0.5) is 0 Å². The summed E-state index contributed by atoms with van der Waals surface area (Å²) in [7, 11) is 2.27. The fourth-order valence-electron chi connectivity index (χ4n) is 2.94. The molecule has 2 nitrogen and oxygen atoms in total. The molecule has 3 heteroatoms. The molecule has 2 rings (SSSR count). The van der Waals surface area contributed by atoms with Gasteiger partial charge in [0.25, 0.3) is 0 Å². The van der Waals surface area contributed by atoms with Gasteiger partial charge in [-0.1, -0.05) is 25.1 Å². The van der Waals surface area contributed by atoms with Gasteiger partial charge in [0, 0.05) is 19.0 Å². The first-order valence-corrected chi connectivity index (χ1v) is 6.51. The third-order valence-corrected chi connectivity index (χ3v) is 4.18. The van der Waals surface area contributed by atoms with E-state index in [9.17, 15) is 0 Å². The Bertz CT molecular complexity index is 242. The highest BCUT2D eigenvalue weighted by Gasteiger charge is 2.44. The lowest BCUT2D eigenvalue weighted by Gasteiger charge is -2.28. The third kappa shape index (κ3) is 2.91. The number of hydrogen-bond donors (Lipinski definition) is 1. The van der Waals surface area contributed by atoms with E-state index >= 15 is 0 Å². The SMILES string of the molecule is CN(CC1(CC(N)=S)CC1)C1CCCC1. The number of nitrogens with zero attached hydrogens (tertiary/aromatic N) is 1. The molecule has 0 spiro atoms. The second-order valence-corrected chi connectivity index (χ2v) is 6.02. The van der Waals surface area contributed by atoms with Crippen molar-refractivity contribution in [1.82, 2.24) is 4.90 Å². The highest BCUT2D eigenvalue weighted by Crippen LogP contribution is 2.49. The molecule has 0 unspecified atom stereocenters. The lowest BCUT2D eigenvalue weighted by atomic mass is 10.0. The zero-order valence-electron chi connectivity index (χ0n) is 9.67. The van der Waals surface area contributed by atoms with Crippen molar-refractivity contribution in [3.05, 3.63) is 0 Å². The van der Waals surface area contributed by atoms with Crippen molar-refractivity contribution in [2.75, 3.05) is 13.6 Å². The van der Waals surface area contributed by atoms with Gasteiger partial charge in [0.15, 0.2) is 0 Å². The van der Waals surface area contributed by atoms with Crippen molar-refractivity contribution in [3.63, 3.8) is 0 Å². The van der Waals surface area contributed by atoms with Crippen molar-refractivity contribution >= 4 is 17.2 Å². The van der Waals surface area contributed by atoms with E-state index in [4.69, 9.17) is 18.0 Å². The van der Waals surface area contributed by atoms with Gasteiger partial charge in [-0.2, -0.15) is 0 Å². The normalized spacial score (nSPS) is 24.7. The van der Waals surface area contributed by atoms with Gasteiger partial charge in [0.05, 0.1) is 4.99 Å². The Morgan fingerprint density at radius 3 is 2.47 bits per heavy atom. The summed E-state index contributed by atoms with van der Waals surface area (Å²) >= 11 is 5.03. The van der Waals surface area contributed by atoms with Crippen LogP contribution in [-0.2, 0) is 0 Å². The van der Waals surface area contributed by atoms with Crippen LogP contribution in [0.1, 0.15) is 44.9 Å². The lowest BCUT2D eigenvalue weighted by Crippen LogP contribution is -2.35. The van der Waals surface area contributed by atoms with E-state index in [-0.39, 0.29) is 0 Å².